The van der Waals surface area contributed by atoms with E-state index in [4.69, 9.17) is 10.00 Å². The van der Waals surface area contributed by atoms with Crippen LogP contribution < -0.4 is 10.1 Å². The largest absolute Gasteiger partial charge is 0.481 e. The number of ether oxygens (including phenoxy) is 1. The maximum atomic E-state index is 12.9. The molecular weight excluding hydrogens is 361 g/mol. The highest BCUT2D eigenvalue weighted by Crippen LogP contribution is 2.14. The number of hydrogen-bond donors (Lipinski definition) is 1. The first kappa shape index (κ1) is 20.9. The molecule has 2 amide bonds. The van der Waals surface area contributed by atoms with E-state index in [0.29, 0.717) is 17.9 Å². The summed E-state index contributed by atoms with van der Waals surface area (Å²) >= 11 is 0. The number of likely N-dealkylation sites (N-methyl/N-ethyl adjacent to an activating group) is 1. The maximum absolute atomic E-state index is 12.9. The predicted molar refractivity (Wildman–Crippen MR) is 102 cm³/mol. The Bertz CT molecular complexity index is 845. The van der Waals surface area contributed by atoms with Gasteiger partial charge in [0.25, 0.3) is 5.91 Å². The predicted octanol–water partition coefficient (Wildman–Crippen LogP) is 2.63. The zero-order valence-corrected chi connectivity index (χ0v) is 15.8. The molecule has 1 atom stereocenters. The molecule has 28 heavy (non-hydrogen) atoms. The van der Waals surface area contributed by atoms with E-state index in [2.05, 4.69) is 5.32 Å². The van der Waals surface area contributed by atoms with Gasteiger partial charge in [-0.2, -0.15) is 5.26 Å². The molecule has 1 N–H and O–H groups in total. The van der Waals surface area contributed by atoms with Crippen molar-refractivity contribution in [2.75, 3.05) is 13.1 Å². The lowest BCUT2D eigenvalue weighted by atomic mass is 10.2. The first-order valence-electron chi connectivity index (χ1n) is 8.89. The SMILES string of the molecule is CCN(CC(=O)NCc1ccc(F)cc1)C(=O)C(C)Oc1ccc(C#N)cc1. The van der Waals surface area contributed by atoms with E-state index >= 15 is 0 Å². The van der Waals surface area contributed by atoms with Crippen LogP contribution in [0.15, 0.2) is 48.5 Å². The molecule has 6 nitrogen and oxygen atoms in total. The zero-order chi connectivity index (χ0) is 20.5. The molecule has 0 saturated carbocycles. The van der Waals surface area contributed by atoms with Crippen LogP contribution in [-0.4, -0.2) is 35.9 Å². The number of rotatable bonds is 8. The van der Waals surface area contributed by atoms with Crippen molar-refractivity contribution in [3.8, 4) is 11.8 Å². The number of carbonyl (C=O) groups is 2. The van der Waals surface area contributed by atoms with Crippen LogP contribution in [0.5, 0.6) is 5.75 Å². The average molecular weight is 383 g/mol. The van der Waals surface area contributed by atoms with Crippen molar-refractivity contribution in [2.45, 2.75) is 26.5 Å². The second kappa shape index (κ2) is 10.1. The van der Waals surface area contributed by atoms with Gasteiger partial charge in [0, 0.05) is 13.1 Å². The van der Waals surface area contributed by atoms with Crippen molar-refractivity contribution in [1.29, 1.82) is 5.26 Å². The number of amides is 2. The van der Waals surface area contributed by atoms with Gasteiger partial charge in [-0.15, -0.1) is 0 Å². The van der Waals surface area contributed by atoms with E-state index in [0.717, 1.165) is 5.56 Å². The Kier molecular flexibility index (Phi) is 7.52. The van der Waals surface area contributed by atoms with E-state index < -0.39 is 6.10 Å². The molecule has 0 fully saturated rings. The lowest BCUT2D eigenvalue weighted by Crippen LogP contribution is -2.45. The van der Waals surface area contributed by atoms with Gasteiger partial charge in [-0.05, 0) is 55.8 Å². The molecule has 1 unspecified atom stereocenters. The molecule has 7 heteroatoms. The van der Waals surface area contributed by atoms with E-state index in [1.807, 2.05) is 6.07 Å². The molecule has 0 saturated heterocycles. The van der Waals surface area contributed by atoms with Gasteiger partial charge < -0.3 is 15.0 Å². The summed E-state index contributed by atoms with van der Waals surface area (Å²) in [6, 6.07) is 14.3. The van der Waals surface area contributed by atoms with Crippen molar-refractivity contribution in [2.24, 2.45) is 0 Å². The van der Waals surface area contributed by atoms with Gasteiger partial charge in [0.2, 0.25) is 5.91 Å². The summed E-state index contributed by atoms with van der Waals surface area (Å²) in [5, 5.41) is 11.5. The molecule has 2 aromatic carbocycles. The van der Waals surface area contributed by atoms with Crippen molar-refractivity contribution < 1.29 is 18.7 Å². The summed E-state index contributed by atoms with van der Waals surface area (Å²) in [5.74, 6) is -0.500. The van der Waals surface area contributed by atoms with E-state index in [1.165, 1.54) is 17.0 Å². The van der Waals surface area contributed by atoms with Gasteiger partial charge >= 0.3 is 0 Å². The first-order valence-corrected chi connectivity index (χ1v) is 8.89. The topological polar surface area (TPSA) is 82.4 Å². The third-order valence-electron chi connectivity index (χ3n) is 4.07. The molecule has 0 spiro atoms. The number of nitrogens with one attached hydrogen (secondary N) is 1. The molecule has 0 aliphatic carbocycles. The van der Waals surface area contributed by atoms with Crippen molar-refractivity contribution in [3.63, 3.8) is 0 Å². The van der Waals surface area contributed by atoms with Gasteiger partial charge in [-0.1, -0.05) is 12.1 Å². The lowest BCUT2D eigenvalue weighted by Gasteiger charge is -2.24. The quantitative estimate of drug-likeness (QED) is 0.760. The third-order valence-corrected chi connectivity index (χ3v) is 4.07. The van der Waals surface area contributed by atoms with E-state index in [9.17, 15) is 14.0 Å². The van der Waals surface area contributed by atoms with Crippen molar-refractivity contribution in [1.82, 2.24) is 10.2 Å². The second-order valence-corrected chi connectivity index (χ2v) is 6.15. The standard InChI is InChI=1S/C21H22FN3O3/c1-3-25(14-20(26)24-13-17-4-8-18(22)9-5-17)21(27)15(2)28-19-10-6-16(12-23)7-11-19/h4-11,15H,3,13-14H2,1-2H3,(H,24,26). The molecule has 0 aliphatic rings. The monoisotopic (exact) mass is 383 g/mol. The van der Waals surface area contributed by atoms with Gasteiger partial charge in [0.05, 0.1) is 18.2 Å². The Labute approximate surface area is 163 Å². The Hall–Kier alpha value is -3.40. The van der Waals surface area contributed by atoms with E-state index in [-0.39, 0.29) is 30.7 Å². The van der Waals surface area contributed by atoms with Gasteiger partial charge in [0.1, 0.15) is 11.6 Å². The van der Waals surface area contributed by atoms with Crippen LogP contribution >= 0.6 is 0 Å². The number of hydrogen-bond acceptors (Lipinski definition) is 4. The molecule has 0 aliphatic heterocycles. The summed E-state index contributed by atoms with van der Waals surface area (Å²) in [6.45, 7) is 3.89. The van der Waals surface area contributed by atoms with Crippen LogP contribution in [-0.2, 0) is 16.1 Å². The Morgan fingerprint density at radius 1 is 1.18 bits per heavy atom. The van der Waals surface area contributed by atoms with Crippen LogP contribution in [0.2, 0.25) is 0 Å². The molecule has 0 radical (unpaired) electrons. The highest BCUT2D eigenvalue weighted by atomic mass is 19.1. The average Bonchev–Trinajstić information content (AvgIpc) is 2.71. The fraction of sp³-hybridized carbons (Fsp3) is 0.286. The first-order chi connectivity index (χ1) is 13.4. The fourth-order valence-corrected chi connectivity index (χ4v) is 2.50. The second-order valence-electron chi connectivity index (χ2n) is 6.15. The third kappa shape index (κ3) is 6.09. The van der Waals surface area contributed by atoms with Gasteiger partial charge in [-0.25, -0.2) is 4.39 Å². The van der Waals surface area contributed by atoms with Crippen LogP contribution in [0.3, 0.4) is 0 Å². The number of nitrogens with zero attached hydrogens (tertiary/aromatic N) is 2. The normalized spacial score (nSPS) is 11.2. The van der Waals surface area contributed by atoms with E-state index in [1.54, 1.807) is 50.2 Å². The van der Waals surface area contributed by atoms with Crippen LogP contribution in [0.25, 0.3) is 0 Å². The van der Waals surface area contributed by atoms with Crippen molar-refractivity contribution in [3.05, 3.63) is 65.5 Å². The smallest absolute Gasteiger partial charge is 0.263 e. The lowest BCUT2D eigenvalue weighted by molar-refractivity contribution is -0.141. The number of carbonyl (C=O) groups excluding carboxylic acids is 2. The molecule has 0 bridgehead atoms. The molecule has 2 rings (SSSR count). The van der Waals surface area contributed by atoms with Crippen LogP contribution in [0, 0.1) is 17.1 Å². The van der Waals surface area contributed by atoms with Crippen molar-refractivity contribution >= 4 is 11.8 Å². The molecule has 0 heterocycles. The zero-order valence-electron chi connectivity index (χ0n) is 15.8. The molecule has 146 valence electrons. The minimum absolute atomic E-state index is 0.0996. The molecular formula is C21H22FN3O3. The van der Waals surface area contributed by atoms with Crippen LogP contribution in [0.1, 0.15) is 25.0 Å². The number of benzene rings is 2. The van der Waals surface area contributed by atoms with Crippen LogP contribution in [0.4, 0.5) is 4.39 Å². The maximum Gasteiger partial charge on any atom is 0.263 e. The summed E-state index contributed by atoms with van der Waals surface area (Å²) in [6.07, 6.45) is -0.780. The Balaban J connectivity index is 1.87. The summed E-state index contributed by atoms with van der Waals surface area (Å²) in [7, 11) is 0. The molecule has 2 aromatic rings. The number of halogens is 1. The minimum atomic E-state index is -0.780. The minimum Gasteiger partial charge on any atom is -0.481 e. The fourth-order valence-electron chi connectivity index (χ4n) is 2.50. The van der Waals surface area contributed by atoms with Gasteiger partial charge in [0.15, 0.2) is 6.10 Å². The molecule has 0 aromatic heterocycles. The summed E-state index contributed by atoms with van der Waals surface area (Å²) in [4.78, 5) is 26.1. The highest BCUT2D eigenvalue weighted by molar-refractivity contribution is 5.87. The summed E-state index contributed by atoms with van der Waals surface area (Å²) in [5.41, 5.74) is 1.26. The Morgan fingerprint density at radius 2 is 1.82 bits per heavy atom. The van der Waals surface area contributed by atoms with Gasteiger partial charge in [-0.3, -0.25) is 9.59 Å². The Morgan fingerprint density at radius 3 is 2.39 bits per heavy atom. The summed E-state index contributed by atoms with van der Waals surface area (Å²) < 4.78 is 18.5. The highest BCUT2D eigenvalue weighted by Gasteiger charge is 2.23. The number of nitriles is 1.